The topological polar surface area (TPSA) is 37.0 Å². The molecule has 0 spiro atoms. The fourth-order valence-corrected chi connectivity index (χ4v) is 3.21. The zero-order chi connectivity index (χ0) is 12.2. The Bertz CT molecular complexity index is 379. The Morgan fingerprint density at radius 3 is 2.78 bits per heavy atom. The standard InChI is InChI=1S/C15H23N3/c1-2-6-12(7-3-1)18-15-13(8-4-11-17-15)14-9-5-10-16-14/h4,8,11-12,14,16H,1-3,5-7,9-10H2,(H,17,18)/t14-/m1/s1. The van der Waals surface area contributed by atoms with Gasteiger partial charge in [0.2, 0.25) is 0 Å². The van der Waals surface area contributed by atoms with Crippen LogP contribution in [-0.4, -0.2) is 17.6 Å². The molecular formula is C15H23N3. The largest absolute Gasteiger partial charge is 0.367 e. The van der Waals surface area contributed by atoms with Gasteiger partial charge in [0.05, 0.1) is 0 Å². The van der Waals surface area contributed by atoms with Crippen LogP contribution in [0.5, 0.6) is 0 Å². The van der Waals surface area contributed by atoms with E-state index < -0.39 is 0 Å². The predicted octanol–water partition coefficient (Wildman–Crippen LogP) is 3.25. The van der Waals surface area contributed by atoms with Gasteiger partial charge in [-0.25, -0.2) is 4.98 Å². The lowest BCUT2D eigenvalue weighted by atomic mass is 9.95. The second-order valence-electron chi connectivity index (χ2n) is 5.57. The minimum atomic E-state index is 0.504. The maximum Gasteiger partial charge on any atom is 0.130 e. The number of pyridine rings is 1. The van der Waals surface area contributed by atoms with E-state index in [1.165, 1.54) is 50.5 Å². The van der Waals surface area contributed by atoms with Crippen LogP contribution in [0.15, 0.2) is 18.3 Å². The van der Waals surface area contributed by atoms with Crippen LogP contribution in [0.1, 0.15) is 56.6 Å². The summed E-state index contributed by atoms with van der Waals surface area (Å²) in [6.45, 7) is 1.14. The molecule has 0 aromatic carbocycles. The van der Waals surface area contributed by atoms with Gasteiger partial charge in [0.1, 0.15) is 5.82 Å². The molecule has 0 unspecified atom stereocenters. The van der Waals surface area contributed by atoms with Crippen LogP contribution in [0.3, 0.4) is 0 Å². The molecule has 1 saturated heterocycles. The third-order valence-electron chi connectivity index (χ3n) is 4.22. The van der Waals surface area contributed by atoms with Gasteiger partial charge >= 0.3 is 0 Å². The Balaban J connectivity index is 1.73. The van der Waals surface area contributed by atoms with E-state index in [4.69, 9.17) is 0 Å². The van der Waals surface area contributed by atoms with Crippen molar-refractivity contribution in [2.45, 2.75) is 57.0 Å². The van der Waals surface area contributed by atoms with E-state index in [1.807, 2.05) is 6.20 Å². The molecular weight excluding hydrogens is 222 g/mol. The molecule has 0 bridgehead atoms. The summed E-state index contributed by atoms with van der Waals surface area (Å²) in [5.74, 6) is 1.11. The third-order valence-corrected chi connectivity index (χ3v) is 4.22. The van der Waals surface area contributed by atoms with Crippen molar-refractivity contribution in [2.75, 3.05) is 11.9 Å². The first-order valence-corrected chi connectivity index (χ1v) is 7.38. The van der Waals surface area contributed by atoms with Crippen LogP contribution >= 0.6 is 0 Å². The maximum absolute atomic E-state index is 4.57. The molecule has 0 amide bonds. The van der Waals surface area contributed by atoms with Gasteiger partial charge in [0.15, 0.2) is 0 Å². The molecule has 2 N–H and O–H groups in total. The lowest BCUT2D eigenvalue weighted by Gasteiger charge is -2.25. The summed E-state index contributed by atoms with van der Waals surface area (Å²) in [4.78, 5) is 4.57. The van der Waals surface area contributed by atoms with Crippen LogP contribution < -0.4 is 10.6 Å². The van der Waals surface area contributed by atoms with Gasteiger partial charge in [-0.2, -0.15) is 0 Å². The second kappa shape index (κ2) is 5.70. The molecule has 1 atom stereocenters. The zero-order valence-corrected chi connectivity index (χ0v) is 11.0. The van der Waals surface area contributed by atoms with Gasteiger partial charge in [-0.05, 0) is 38.3 Å². The molecule has 1 aliphatic carbocycles. The van der Waals surface area contributed by atoms with Crippen LogP contribution in [0.25, 0.3) is 0 Å². The lowest BCUT2D eigenvalue weighted by Crippen LogP contribution is -2.25. The van der Waals surface area contributed by atoms with E-state index in [-0.39, 0.29) is 0 Å². The predicted molar refractivity (Wildman–Crippen MR) is 74.7 cm³/mol. The van der Waals surface area contributed by atoms with Gasteiger partial charge in [-0.1, -0.05) is 25.3 Å². The Morgan fingerprint density at radius 1 is 1.11 bits per heavy atom. The average molecular weight is 245 g/mol. The van der Waals surface area contributed by atoms with Crippen molar-refractivity contribution < 1.29 is 0 Å². The van der Waals surface area contributed by atoms with Gasteiger partial charge in [-0.3, -0.25) is 0 Å². The lowest BCUT2D eigenvalue weighted by molar-refractivity contribution is 0.461. The van der Waals surface area contributed by atoms with Crippen molar-refractivity contribution in [2.24, 2.45) is 0 Å². The van der Waals surface area contributed by atoms with Crippen LogP contribution in [-0.2, 0) is 0 Å². The molecule has 0 radical (unpaired) electrons. The van der Waals surface area contributed by atoms with E-state index in [2.05, 4.69) is 27.8 Å². The Labute approximate surface area is 109 Å². The maximum atomic E-state index is 4.57. The fraction of sp³-hybridized carbons (Fsp3) is 0.667. The average Bonchev–Trinajstić information content (AvgIpc) is 2.94. The highest BCUT2D eigenvalue weighted by Gasteiger charge is 2.21. The number of aromatic nitrogens is 1. The highest BCUT2D eigenvalue weighted by Crippen LogP contribution is 2.29. The van der Waals surface area contributed by atoms with Crippen molar-refractivity contribution in [1.82, 2.24) is 10.3 Å². The monoisotopic (exact) mass is 245 g/mol. The summed E-state index contributed by atoms with van der Waals surface area (Å²) < 4.78 is 0. The van der Waals surface area contributed by atoms with E-state index in [9.17, 15) is 0 Å². The van der Waals surface area contributed by atoms with Crippen LogP contribution in [0.2, 0.25) is 0 Å². The highest BCUT2D eigenvalue weighted by molar-refractivity contribution is 5.46. The molecule has 1 saturated carbocycles. The molecule has 2 heterocycles. The smallest absolute Gasteiger partial charge is 0.130 e. The van der Waals surface area contributed by atoms with Crippen molar-refractivity contribution in [3.63, 3.8) is 0 Å². The van der Waals surface area contributed by atoms with Crippen LogP contribution in [0, 0.1) is 0 Å². The first-order valence-electron chi connectivity index (χ1n) is 7.38. The van der Waals surface area contributed by atoms with Crippen molar-refractivity contribution in [3.05, 3.63) is 23.9 Å². The number of nitrogens with one attached hydrogen (secondary N) is 2. The van der Waals surface area contributed by atoms with E-state index in [0.29, 0.717) is 12.1 Å². The van der Waals surface area contributed by atoms with Gasteiger partial charge in [0, 0.05) is 23.8 Å². The minimum absolute atomic E-state index is 0.504. The van der Waals surface area contributed by atoms with Crippen molar-refractivity contribution in [1.29, 1.82) is 0 Å². The Hall–Kier alpha value is -1.09. The van der Waals surface area contributed by atoms with E-state index >= 15 is 0 Å². The summed E-state index contributed by atoms with van der Waals surface area (Å²) >= 11 is 0. The quantitative estimate of drug-likeness (QED) is 0.858. The number of nitrogens with zero attached hydrogens (tertiary/aromatic N) is 1. The first kappa shape index (κ1) is 12.0. The number of hydrogen-bond acceptors (Lipinski definition) is 3. The normalized spacial score (nSPS) is 25.2. The summed E-state index contributed by atoms with van der Waals surface area (Å²) in [6.07, 6.45) is 11.2. The van der Waals surface area contributed by atoms with E-state index in [0.717, 1.165) is 12.4 Å². The van der Waals surface area contributed by atoms with Gasteiger partial charge in [0.25, 0.3) is 0 Å². The summed E-state index contributed by atoms with van der Waals surface area (Å²) in [5.41, 5.74) is 1.36. The van der Waals surface area contributed by atoms with Crippen molar-refractivity contribution in [3.8, 4) is 0 Å². The highest BCUT2D eigenvalue weighted by atomic mass is 15.0. The number of rotatable bonds is 3. The summed E-state index contributed by atoms with van der Waals surface area (Å²) in [5, 5.41) is 7.25. The molecule has 1 aromatic rings. The summed E-state index contributed by atoms with van der Waals surface area (Å²) in [6, 6.07) is 5.42. The van der Waals surface area contributed by atoms with Gasteiger partial charge < -0.3 is 10.6 Å². The molecule has 1 aliphatic heterocycles. The summed E-state index contributed by atoms with van der Waals surface area (Å²) in [7, 11) is 0. The first-order chi connectivity index (χ1) is 8.93. The molecule has 3 rings (SSSR count). The zero-order valence-electron chi connectivity index (χ0n) is 11.0. The second-order valence-corrected chi connectivity index (χ2v) is 5.57. The fourth-order valence-electron chi connectivity index (χ4n) is 3.21. The SMILES string of the molecule is c1cnc(NC2CCCCC2)c([C@H]2CCCN2)c1. The van der Waals surface area contributed by atoms with Gasteiger partial charge in [-0.15, -0.1) is 0 Å². The molecule has 1 aromatic heterocycles. The number of anilines is 1. The van der Waals surface area contributed by atoms with Crippen molar-refractivity contribution >= 4 is 5.82 Å². The molecule has 18 heavy (non-hydrogen) atoms. The molecule has 3 heteroatoms. The van der Waals surface area contributed by atoms with Crippen LogP contribution in [0.4, 0.5) is 5.82 Å². The third kappa shape index (κ3) is 2.66. The molecule has 98 valence electrons. The van der Waals surface area contributed by atoms with E-state index in [1.54, 1.807) is 0 Å². The Kier molecular flexibility index (Phi) is 3.79. The molecule has 3 nitrogen and oxygen atoms in total. The Morgan fingerprint density at radius 2 is 2.00 bits per heavy atom. The number of hydrogen-bond donors (Lipinski definition) is 2. The molecule has 2 aliphatic rings. The minimum Gasteiger partial charge on any atom is -0.367 e. The molecule has 2 fully saturated rings.